The van der Waals surface area contributed by atoms with Crippen LogP contribution in [-0.4, -0.2) is 10.8 Å². The van der Waals surface area contributed by atoms with Crippen LogP contribution >= 0.6 is 0 Å². The lowest BCUT2D eigenvalue weighted by molar-refractivity contribution is -0.384. The monoisotopic (exact) mass is 278 g/mol. The molecule has 5 nitrogen and oxygen atoms in total. The molecule has 0 saturated heterocycles. The van der Waals surface area contributed by atoms with Gasteiger partial charge in [0.2, 0.25) is 0 Å². The van der Waals surface area contributed by atoms with Gasteiger partial charge in [-0.2, -0.15) is 0 Å². The van der Waals surface area contributed by atoms with E-state index in [0.717, 1.165) is 30.3 Å². The highest BCUT2D eigenvalue weighted by molar-refractivity contribution is 6.04. The van der Waals surface area contributed by atoms with Crippen molar-refractivity contribution in [2.75, 3.05) is 5.32 Å². The second-order valence-corrected chi connectivity index (χ2v) is 3.89. The Kier molecular flexibility index (Phi) is 3.69. The summed E-state index contributed by atoms with van der Waals surface area (Å²) in [6.07, 6.45) is 0. The minimum atomic E-state index is -0.819. The van der Waals surface area contributed by atoms with Crippen molar-refractivity contribution in [3.63, 3.8) is 0 Å². The molecule has 0 aromatic heterocycles. The van der Waals surface area contributed by atoms with Gasteiger partial charge in [0, 0.05) is 17.7 Å². The van der Waals surface area contributed by atoms with Gasteiger partial charge in [0.1, 0.15) is 11.6 Å². The highest BCUT2D eigenvalue weighted by Crippen LogP contribution is 2.21. The number of non-ortho nitro benzene ring substituents is 1. The van der Waals surface area contributed by atoms with Gasteiger partial charge in [0.05, 0.1) is 10.6 Å². The third-order valence-electron chi connectivity index (χ3n) is 2.50. The lowest BCUT2D eigenvalue weighted by Crippen LogP contribution is -2.13. The molecule has 1 amide bonds. The molecule has 0 spiro atoms. The highest BCUT2D eigenvalue weighted by atomic mass is 19.1. The van der Waals surface area contributed by atoms with E-state index in [2.05, 4.69) is 5.32 Å². The lowest BCUT2D eigenvalue weighted by atomic mass is 10.2. The zero-order valence-electron chi connectivity index (χ0n) is 9.97. The molecule has 0 aliphatic rings. The maximum atomic E-state index is 13.5. The van der Waals surface area contributed by atoms with Crippen molar-refractivity contribution in [1.29, 1.82) is 0 Å². The summed E-state index contributed by atoms with van der Waals surface area (Å²) in [5, 5.41) is 12.7. The van der Waals surface area contributed by atoms with Gasteiger partial charge in [-0.1, -0.05) is 6.07 Å². The maximum absolute atomic E-state index is 13.5. The summed E-state index contributed by atoms with van der Waals surface area (Å²) in [5.41, 5.74) is -0.717. The first-order valence-electron chi connectivity index (χ1n) is 5.48. The molecule has 0 saturated carbocycles. The van der Waals surface area contributed by atoms with Crippen molar-refractivity contribution < 1.29 is 18.5 Å². The Labute approximate surface area is 112 Å². The number of halogens is 2. The van der Waals surface area contributed by atoms with Crippen molar-refractivity contribution in [2.45, 2.75) is 0 Å². The molecule has 1 N–H and O–H groups in total. The number of rotatable bonds is 3. The number of hydrogen-bond acceptors (Lipinski definition) is 3. The fourth-order valence-electron chi connectivity index (χ4n) is 1.55. The molecule has 20 heavy (non-hydrogen) atoms. The van der Waals surface area contributed by atoms with Gasteiger partial charge >= 0.3 is 0 Å². The third-order valence-corrected chi connectivity index (χ3v) is 2.50. The summed E-state index contributed by atoms with van der Waals surface area (Å²) >= 11 is 0. The zero-order valence-corrected chi connectivity index (χ0v) is 9.97. The molecule has 0 fully saturated rings. The van der Waals surface area contributed by atoms with Crippen LogP contribution in [0, 0.1) is 21.7 Å². The molecular weight excluding hydrogens is 270 g/mol. The predicted octanol–water partition coefficient (Wildman–Crippen LogP) is 3.13. The second kappa shape index (κ2) is 5.43. The molecule has 0 atom stereocenters. The van der Waals surface area contributed by atoms with Crippen LogP contribution in [0.5, 0.6) is 0 Å². The Morgan fingerprint density at radius 1 is 1.15 bits per heavy atom. The number of nitrogens with zero attached hydrogens (tertiary/aromatic N) is 1. The summed E-state index contributed by atoms with van der Waals surface area (Å²) < 4.78 is 26.4. The maximum Gasteiger partial charge on any atom is 0.271 e. The molecular formula is C13H8F2N2O3. The number of nitrogens with one attached hydrogen (secondary N) is 1. The van der Waals surface area contributed by atoms with Gasteiger partial charge in [0.15, 0.2) is 0 Å². The molecule has 2 rings (SSSR count). The molecule has 0 aliphatic carbocycles. The minimum Gasteiger partial charge on any atom is -0.319 e. The Morgan fingerprint density at radius 3 is 2.55 bits per heavy atom. The van der Waals surface area contributed by atoms with E-state index < -0.39 is 22.5 Å². The van der Waals surface area contributed by atoms with Gasteiger partial charge in [-0.3, -0.25) is 14.9 Å². The fraction of sp³-hybridized carbons (Fsp3) is 0. The molecule has 7 heteroatoms. The van der Waals surface area contributed by atoms with Crippen molar-refractivity contribution >= 4 is 17.3 Å². The molecule has 0 aliphatic heterocycles. The molecule has 0 bridgehead atoms. The first kappa shape index (κ1) is 13.6. The van der Waals surface area contributed by atoms with Gasteiger partial charge in [0.25, 0.3) is 11.6 Å². The van der Waals surface area contributed by atoms with Crippen molar-refractivity contribution in [1.82, 2.24) is 0 Å². The van der Waals surface area contributed by atoms with Crippen molar-refractivity contribution in [2.24, 2.45) is 0 Å². The van der Waals surface area contributed by atoms with E-state index in [1.807, 2.05) is 0 Å². The smallest absolute Gasteiger partial charge is 0.271 e. The van der Waals surface area contributed by atoms with Crippen LogP contribution in [-0.2, 0) is 0 Å². The number of hydrogen-bond donors (Lipinski definition) is 1. The van der Waals surface area contributed by atoms with Gasteiger partial charge < -0.3 is 5.32 Å². The molecule has 0 unspecified atom stereocenters. The van der Waals surface area contributed by atoms with E-state index in [1.165, 1.54) is 12.1 Å². The van der Waals surface area contributed by atoms with Crippen molar-refractivity contribution in [3.8, 4) is 0 Å². The van der Waals surface area contributed by atoms with Crippen LogP contribution in [0.2, 0.25) is 0 Å². The highest BCUT2D eigenvalue weighted by Gasteiger charge is 2.14. The topological polar surface area (TPSA) is 72.2 Å². The third kappa shape index (κ3) is 2.94. The molecule has 0 heterocycles. The zero-order chi connectivity index (χ0) is 14.7. The van der Waals surface area contributed by atoms with Crippen LogP contribution in [0.3, 0.4) is 0 Å². The summed E-state index contributed by atoms with van der Waals surface area (Å²) in [4.78, 5) is 21.7. The van der Waals surface area contributed by atoms with Crippen molar-refractivity contribution in [3.05, 3.63) is 69.8 Å². The number of nitro benzene ring substituents is 1. The Bertz CT molecular complexity index is 689. The number of carbonyl (C=O) groups is 1. The molecule has 0 radical (unpaired) electrons. The normalized spacial score (nSPS) is 10.1. The van der Waals surface area contributed by atoms with Crippen LogP contribution in [0.15, 0.2) is 42.5 Å². The van der Waals surface area contributed by atoms with Gasteiger partial charge in [-0.15, -0.1) is 0 Å². The van der Waals surface area contributed by atoms with E-state index in [9.17, 15) is 23.7 Å². The summed E-state index contributed by atoms with van der Waals surface area (Å²) in [6.45, 7) is 0. The average molecular weight is 278 g/mol. The second-order valence-electron chi connectivity index (χ2n) is 3.89. The standard InChI is InChI=1S/C13H8F2N2O3/c14-9-3-1-2-8(6-9)13(18)16-12-7-10(17(19)20)4-5-11(12)15/h1-7H,(H,16,18). The van der Waals surface area contributed by atoms with Crippen LogP contribution in [0.1, 0.15) is 10.4 Å². The average Bonchev–Trinajstić information content (AvgIpc) is 2.41. The number of nitro groups is 1. The largest absolute Gasteiger partial charge is 0.319 e. The van der Waals surface area contributed by atoms with E-state index in [4.69, 9.17) is 0 Å². The summed E-state index contributed by atoms with van der Waals surface area (Å²) in [7, 11) is 0. The number of amides is 1. The minimum absolute atomic E-state index is 0.0177. The number of anilines is 1. The molecule has 2 aromatic rings. The Hall–Kier alpha value is -2.83. The summed E-state index contributed by atoms with van der Waals surface area (Å²) in [5.74, 6) is -2.19. The van der Waals surface area contributed by atoms with E-state index in [0.29, 0.717) is 0 Å². The molecule has 2 aromatic carbocycles. The first-order valence-corrected chi connectivity index (χ1v) is 5.48. The van der Waals surface area contributed by atoms with E-state index in [1.54, 1.807) is 0 Å². The van der Waals surface area contributed by atoms with Crippen LogP contribution in [0.25, 0.3) is 0 Å². The van der Waals surface area contributed by atoms with Crippen LogP contribution < -0.4 is 5.32 Å². The van der Waals surface area contributed by atoms with Gasteiger partial charge in [-0.05, 0) is 24.3 Å². The van der Waals surface area contributed by atoms with E-state index >= 15 is 0 Å². The molecule has 102 valence electrons. The first-order chi connectivity index (χ1) is 9.47. The fourth-order valence-corrected chi connectivity index (χ4v) is 1.55. The quantitative estimate of drug-likeness (QED) is 0.692. The SMILES string of the molecule is O=C(Nc1cc([N+](=O)[O-])ccc1F)c1cccc(F)c1. The number of carbonyl (C=O) groups excluding carboxylic acids is 1. The number of benzene rings is 2. The van der Waals surface area contributed by atoms with Gasteiger partial charge in [-0.25, -0.2) is 8.78 Å². The summed E-state index contributed by atoms with van der Waals surface area (Å²) in [6, 6.07) is 7.55. The lowest BCUT2D eigenvalue weighted by Gasteiger charge is -2.06. The van der Waals surface area contributed by atoms with E-state index in [-0.39, 0.29) is 16.9 Å². The van der Waals surface area contributed by atoms with Crippen LogP contribution in [0.4, 0.5) is 20.2 Å². The predicted molar refractivity (Wildman–Crippen MR) is 67.4 cm³/mol. The Morgan fingerprint density at radius 2 is 1.90 bits per heavy atom. The Balaban J connectivity index is 2.27.